The minimum absolute atomic E-state index is 0.215. The Kier molecular flexibility index (Phi) is 8.52. The molecule has 104 valence electrons. The van der Waals surface area contributed by atoms with E-state index in [1.165, 1.54) is 11.6 Å². The van der Waals surface area contributed by atoms with Crippen molar-refractivity contribution in [3.8, 4) is 0 Å². The van der Waals surface area contributed by atoms with E-state index in [-0.39, 0.29) is 5.83 Å². The lowest BCUT2D eigenvalue weighted by Crippen LogP contribution is -1.86. The third-order valence-corrected chi connectivity index (χ3v) is 2.86. The maximum absolute atomic E-state index is 14.0. The molecular formula is C18H25F. The summed E-state index contributed by atoms with van der Waals surface area (Å²) in [6, 6.07) is 0. The standard InChI is InChI=1S/C18H25F/c1-7-10-16(13-15(6)8-2)11-12-18(19)17(9-3)14(4)5/h7,10-13H,1,4,8-9H2,2-3,5-6H3/b12-11?,15-13+,16-10-,18-17+. The molecule has 0 aliphatic rings. The van der Waals surface area contributed by atoms with Crippen molar-refractivity contribution in [2.45, 2.75) is 40.5 Å². The van der Waals surface area contributed by atoms with Gasteiger partial charge in [-0.3, -0.25) is 0 Å². The van der Waals surface area contributed by atoms with Crippen LogP contribution in [0.15, 0.2) is 71.7 Å². The first-order valence-electron chi connectivity index (χ1n) is 6.68. The van der Waals surface area contributed by atoms with E-state index >= 15 is 0 Å². The van der Waals surface area contributed by atoms with Gasteiger partial charge in [0.15, 0.2) is 0 Å². The van der Waals surface area contributed by atoms with E-state index in [0.29, 0.717) is 12.0 Å². The summed E-state index contributed by atoms with van der Waals surface area (Å²) in [6.07, 6.45) is 10.5. The van der Waals surface area contributed by atoms with Gasteiger partial charge in [-0.15, -0.1) is 0 Å². The van der Waals surface area contributed by atoms with Crippen molar-refractivity contribution in [3.05, 3.63) is 71.7 Å². The van der Waals surface area contributed by atoms with Gasteiger partial charge in [0.25, 0.3) is 0 Å². The molecule has 0 spiro atoms. The summed E-state index contributed by atoms with van der Waals surface area (Å²) in [5.74, 6) is -0.215. The Labute approximate surface area is 117 Å². The average molecular weight is 260 g/mol. The van der Waals surface area contributed by atoms with Gasteiger partial charge >= 0.3 is 0 Å². The third kappa shape index (κ3) is 6.76. The Morgan fingerprint density at radius 1 is 1.11 bits per heavy atom. The summed E-state index contributed by atoms with van der Waals surface area (Å²) in [5.41, 5.74) is 3.64. The third-order valence-electron chi connectivity index (χ3n) is 2.86. The Hall–Kier alpha value is -1.63. The van der Waals surface area contributed by atoms with Crippen LogP contribution >= 0.6 is 0 Å². The van der Waals surface area contributed by atoms with Crippen LogP contribution in [0.25, 0.3) is 0 Å². The maximum atomic E-state index is 14.0. The molecule has 0 aliphatic heterocycles. The highest BCUT2D eigenvalue weighted by Crippen LogP contribution is 2.19. The molecule has 0 aromatic carbocycles. The van der Waals surface area contributed by atoms with Gasteiger partial charge in [-0.2, -0.15) is 0 Å². The Balaban J connectivity index is 5.27. The van der Waals surface area contributed by atoms with Gasteiger partial charge in [-0.05, 0) is 43.9 Å². The molecule has 0 unspecified atom stereocenters. The zero-order chi connectivity index (χ0) is 14.8. The fourth-order valence-electron chi connectivity index (χ4n) is 1.62. The highest BCUT2D eigenvalue weighted by molar-refractivity contribution is 5.40. The summed E-state index contributed by atoms with van der Waals surface area (Å²) in [6.45, 7) is 15.4. The zero-order valence-electron chi connectivity index (χ0n) is 12.6. The van der Waals surface area contributed by atoms with E-state index in [2.05, 4.69) is 27.0 Å². The lowest BCUT2D eigenvalue weighted by Gasteiger charge is -2.03. The molecule has 0 heterocycles. The van der Waals surface area contributed by atoms with E-state index in [9.17, 15) is 4.39 Å². The fourth-order valence-corrected chi connectivity index (χ4v) is 1.62. The van der Waals surface area contributed by atoms with E-state index in [1.54, 1.807) is 12.2 Å². The lowest BCUT2D eigenvalue weighted by molar-refractivity contribution is 0.650. The number of rotatable bonds is 7. The first-order chi connectivity index (χ1) is 8.96. The summed E-state index contributed by atoms with van der Waals surface area (Å²) >= 11 is 0. The van der Waals surface area contributed by atoms with Crippen LogP contribution in [0.4, 0.5) is 4.39 Å². The molecular weight excluding hydrogens is 235 g/mol. The van der Waals surface area contributed by atoms with Crippen molar-refractivity contribution in [3.63, 3.8) is 0 Å². The van der Waals surface area contributed by atoms with E-state index in [0.717, 1.165) is 17.6 Å². The molecule has 0 nitrogen and oxygen atoms in total. The largest absolute Gasteiger partial charge is 0.207 e. The SMILES string of the molecule is C=C/C=C(C=C/C(F)=C(/CC)C(=C)C)\C=C(/C)CC. The van der Waals surface area contributed by atoms with Crippen LogP contribution in [0.5, 0.6) is 0 Å². The number of allylic oxidation sites excluding steroid dienone is 10. The van der Waals surface area contributed by atoms with Crippen LogP contribution in [-0.4, -0.2) is 0 Å². The minimum atomic E-state index is -0.215. The van der Waals surface area contributed by atoms with E-state index < -0.39 is 0 Å². The van der Waals surface area contributed by atoms with Crippen molar-refractivity contribution < 1.29 is 4.39 Å². The summed E-state index contributed by atoms with van der Waals surface area (Å²) in [5, 5.41) is 0. The Morgan fingerprint density at radius 3 is 2.16 bits per heavy atom. The first kappa shape index (κ1) is 17.4. The molecule has 19 heavy (non-hydrogen) atoms. The maximum Gasteiger partial charge on any atom is 0.126 e. The number of hydrogen-bond donors (Lipinski definition) is 0. The van der Waals surface area contributed by atoms with Crippen LogP contribution in [0.2, 0.25) is 0 Å². The van der Waals surface area contributed by atoms with Gasteiger partial charge in [-0.1, -0.05) is 62.5 Å². The number of hydrogen-bond acceptors (Lipinski definition) is 0. The van der Waals surface area contributed by atoms with Crippen molar-refractivity contribution in [2.75, 3.05) is 0 Å². The van der Waals surface area contributed by atoms with Gasteiger partial charge in [0, 0.05) is 0 Å². The number of halogens is 1. The van der Waals surface area contributed by atoms with Crippen molar-refractivity contribution in [1.82, 2.24) is 0 Å². The van der Waals surface area contributed by atoms with Crippen LogP contribution in [0.3, 0.4) is 0 Å². The van der Waals surface area contributed by atoms with Crippen LogP contribution in [-0.2, 0) is 0 Å². The average Bonchev–Trinajstić information content (AvgIpc) is 2.36. The van der Waals surface area contributed by atoms with Crippen molar-refractivity contribution in [1.29, 1.82) is 0 Å². The van der Waals surface area contributed by atoms with Gasteiger partial charge in [-0.25, -0.2) is 4.39 Å². The molecule has 0 radical (unpaired) electrons. The van der Waals surface area contributed by atoms with Crippen molar-refractivity contribution >= 4 is 0 Å². The molecule has 0 aromatic heterocycles. The summed E-state index contributed by atoms with van der Waals surface area (Å²) in [4.78, 5) is 0. The predicted octanol–water partition coefficient (Wildman–Crippen LogP) is 6.22. The summed E-state index contributed by atoms with van der Waals surface area (Å²) < 4.78 is 14.0. The second-order valence-electron chi connectivity index (χ2n) is 4.54. The van der Waals surface area contributed by atoms with Gasteiger partial charge in [0.05, 0.1) is 0 Å². The molecule has 0 atom stereocenters. The molecule has 0 saturated carbocycles. The molecule has 0 saturated heterocycles. The second kappa shape index (κ2) is 9.32. The van der Waals surface area contributed by atoms with Gasteiger partial charge < -0.3 is 0 Å². The normalized spacial score (nSPS) is 14.6. The topological polar surface area (TPSA) is 0 Å². The van der Waals surface area contributed by atoms with Gasteiger partial charge in [0.2, 0.25) is 0 Å². The second-order valence-corrected chi connectivity index (χ2v) is 4.54. The predicted molar refractivity (Wildman–Crippen MR) is 84.7 cm³/mol. The minimum Gasteiger partial charge on any atom is -0.207 e. The zero-order valence-corrected chi connectivity index (χ0v) is 12.6. The van der Waals surface area contributed by atoms with Crippen LogP contribution < -0.4 is 0 Å². The first-order valence-corrected chi connectivity index (χ1v) is 6.68. The highest BCUT2D eigenvalue weighted by atomic mass is 19.1. The molecule has 0 fully saturated rings. The molecule has 1 heteroatoms. The fraction of sp³-hybridized carbons (Fsp3) is 0.333. The molecule has 0 bridgehead atoms. The molecule has 0 N–H and O–H groups in total. The Bertz CT molecular complexity index is 442. The monoisotopic (exact) mass is 260 g/mol. The molecule has 0 aliphatic carbocycles. The van der Waals surface area contributed by atoms with Crippen LogP contribution in [0.1, 0.15) is 40.5 Å². The molecule has 0 aromatic rings. The molecule has 0 rings (SSSR count). The van der Waals surface area contributed by atoms with E-state index in [4.69, 9.17) is 0 Å². The van der Waals surface area contributed by atoms with Crippen LogP contribution in [0, 0.1) is 0 Å². The molecule has 0 amide bonds. The Morgan fingerprint density at radius 2 is 1.74 bits per heavy atom. The summed E-state index contributed by atoms with van der Waals surface area (Å²) in [7, 11) is 0. The van der Waals surface area contributed by atoms with E-state index in [1.807, 2.05) is 26.0 Å². The quantitative estimate of drug-likeness (QED) is 0.476. The van der Waals surface area contributed by atoms with Crippen molar-refractivity contribution in [2.24, 2.45) is 0 Å². The lowest BCUT2D eigenvalue weighted by atomic mass is 10.0. The highest BCUT2D eigenvalue weighted by Gasteiger charge is 2.02. The van der Waals surface area contributed by atoms with Gasteiger partial charge in [0.1, 0.15) is 5.83 Å². The smallest absolute Gasteiger partial charge is 0.126 e.